The number of carbonyl (C=O) groups is 2. The van der Waals surface area contributed by atoms with Gasteiger partial charge in [-0.05, 0) is 18.9 Å². The van der Waals surface area contributed by atoms with E-state index in [1.165, 1.54) is 12.5 Å². The van der Waals surface area contributed by atoms with Gasteiger partial charge in [-0.15, -0.1) is 11.8 Å². The molecule has 0 bridgehead atoms. The van der Waals surface area contributed by atoms with Crippen LogP contribution >= 0.6 is 11.8 Å². The first-order valence-corrected chi connectivity index (χ1v) is 7.87. The zero-order valence-corrected chi connectivity index (χ0v) is 12.8. The highest BCUT2D eigenvalue weighted by molar-refractivity contribution is 7.99. The molecule has 1 aliphatic heterocycles. The van der Waals surface area contributed by atoms with E-state index in [4.69, 9.17) is 4.42 Å². The van der Waals surface area contributed by atoms with Gasteiger partial charge in [0.25, 0.3) is 5.91 Å². The Kier molecular flexibility index (Phi) is 4.75. The number of amides is 2. The van der Waals surface area contributed by atoms with Gasteiger partial charge in [-0.25, -0.2) is 0 Å². The van der Waals surface area contributed by atoms with Gasteiger partial charge in [0.2, 0.25) is 5.91 Å². The highest BCUT2D eigenvalue weighted by Gasteiger charge is 2.35. The van der Waals surface area contributed by atoms with Crippen LogP contribution in [0.3, 0.4) is 0 Å². The van der Waals surface area contributed by atoms with Crippen LogP contribution in [0.4, 0.5) is 0 Å². The van der Waals surface area contributed by atoms with E-state index >= 15 is 0 Å². The van der Waals surface area contributed by atoms with E-state index in [0.29, 0.717) is 23.1 Å². The average Bonchev–Trinajstić information content (AvgIpc) is 3.08. The predicted molar refractivity (Wildman–Crippen MR) is 78.4 cm³/mol. The van der Waals surface area contributed by atoms with Crippen molar-refractivity contribution in [3.05, 3.63) is 24.2 Å². The number of rotatable bonds is 4. The van der Waals surface area contributed by atoms with Crippen LogP contribution in [-0.4, -0.2) is 40.4 Å². The van der Waals surface area contributed by atoms with Gasteiger partial charge in [-0.1, -0.05) is 13.8 Å². The van der Waals surface area contributed by atoms with Gasteiger partial charge in [-0.3, -0.25) is 9.59 Å². The molecule has 0 saturated carbocycles. The molecule has 1 saturated heterocycles. The third-order valence-electron chi connectivity index (χ3n) is 3.58. The lowest BCUT2D eigenvalue weighted by atomic mass is 10.1. The molecule has 0 radical (unpaired) electrons. The molecule has 0 spiro atoms. The van der Waals surface area contributed by atoms with E-state index in [0.717, 1.165) is 0 Å². The first-order chi connectivity index (χ1) is 9.50. The van der Waals surface area contributed by atoms with Gasteiger partial charge < -0.3 is 14.6 Å². The minimum atomic E-state index is -0.399. The quantitative estimate of drug-likeness (QED) is 0.922. The molecule has 110 valence electrons. The van der Waals surface area contributed by atoms with E-state index < -0.39 is 6.04 Å². The van der Waals surface area contributed by atoms with Crippen molar-refractivity contribution in [1.29, 1.82) is 0 Å². The summed E-state index contributed by atoms with van der Waals surface area (Å²) in [6.45, 7) is 6.10. The summed E-state index contributed by atoms with van der Waals surface area (Å²) in [5, 5.41) is 2.98. The average molecular weight is 296 g/mol. The summed E-state index contributed by atoms with van der Waals surface area (Å²) >= 11 is 1.59. The summed E-state index contributed by atoms with van der Waals surface area (Å²) in [6.07, 6.45) is 2.88. The second kappa shape index (κ2) is 6.35. The standard InChI is InChI=1S/C14H20N2O3S/c1-9(2)10(3)15-13(17)12-7-20-8-16(12)14(18)11-4-5-19-6-11/h4-6,9-10,12H,7-8H2,1-3H3,(H,15,17). The molecule has 1 N–H and O–H groups in total. The summed E-state index contributed by atoms with van der Waals surface area (Å²) in [5.41, 5.74) is 0.488. The lowest BCUT2D eigenvalue weighted by molar-refractivity contribution is -0.125. The van der Waals surface area contributed by atoms with Crippen molar-refractivity contribution < 1.29 is 14.0 Å². The molecule has 1 aromatic rings. The molecule has 1 aliphatic rings. The number of hydrogen-bond acceptors (Lipinski definition) is 4. The van der Waals surface area contributed by atoms with Gasteiger partial charge in [-0.2, -0.15) is 0 Å². The zero-order valence-electron chi connectivity index (χ0n) is 12.0. The minimum absolute atomic E-state index is 0.0759. The Morgan fingerprint density at radius 1 is 1.45 bits per heavy atom. The van der Waals surface area contributed by atoms with Crippen molar-refractivity contribution in [3.63, 3.8) is 0 Å². The summed E-state index contributed by atoms with van der Waals surface area (Å²) < 4.78 is 4.93. The van der Waals surface area contributed by atoms with Crippen molar-refractivity contribution in [2.24, 2.45) is 5.92 Å². The fourth-order valence-electron chi connectivity index (χ4n) is 1.90. The number of thioether (sulfide) groups is 1. The SMILES string of the molecule is CC(C)C(C)NC(=O)C1CSCN1C(=O)c1ccoc1. The van der Waals surface area contributed by atoms with Crippen LogP contribution in [-0.2, 0) is 4.79 Å². The molecule has 1 fully saturated rings. The lowest BCUT2D eigenvalue weighted by Gasteiger charge is -2.25. The van der Waals surface area contributed by atoms with Gasteiger partial charge >= 0.3 is 0 Å². The Balaban J connectivity index is 2.04. The van der Waals surface area contributed by atoms with Crippen molar-refractivity contribution >= 4 is 23.6 Å². The number of nitrogens with one attached hydrogen (secondary N) is 1. The molecule has 20 heavy (non-hydrogen) atoms. The van der Waals surface area contributed by atoms with Crippen LogP contribution in [0.5, 0.6) is 0 Å². The van der Waals surface area contributed by atoms with Crippen molar-refractivity contribution in [2.75, 3.05) is 11.6 Å². The van der Waals surface area contributed by atoms with E-state index in [9.17, 15) is 9.59 Å². The molecule has 2 rings (SSSR count). The normalized spacial score (nSPS) is 20.2. The first kappa shape index (κ1) is 15.0. The monoisotopic (exact) mass is 296 g/mol. The maximum atomic E-state index is 12.3. The summed E-state index contributed by atoms with van der Waals surface area (Å²) in [6, 6.07) is 1.32. The van der Waals surface area contributed by atoms with Crippen LogP contribution in [0.15, 0.2) is 23.0 Å². The molecule has 2 amide bonds. The summed E-state index contributed by atoms with van der Waals surface area (Å²) in [7, 11) is 0. The summed E-state index contributed by atoms with van der Waals surface area (Å²) in [4.78, 5) is 26.2. The van der Waals surface area contributed by atoms with Crippen molar-refractivity contribution in [1.82, 2.24) is 10.2 Å². The third-order valence-corrected chi connectivity index (χ3v) is 4.60. The van der Waals surface area contributed by atoms with E-state index in [-0.39, 0.29) is 17.9 Å². The molecule has 0 aromatic carbocycles. The molecule has 1 aromatic heterocycles. The molecule has 5 nitrogen and oxygen atoms in total. The van der Waals surface area contributed by atoms with E-state index in [1.54, 1.807) is 22.7 Å². The first-order valence-electron chi connectivity index (χ1n) is 6.72. The lowest BCUT2D eigenvalue weighted by Crippen LogP contribution is -2.50. The Morgan fingerprint density at radius 3 is 2.80 bits per heavy atom. The maximum Gasteiger partial charge on any atom is 0.258 e. The zero-order chi connectivity index (χ0) is 14.7. The molecule has 2 heterocycles. The van der Waals surface area contributed by atoms with Gasteiger partial charge in [0.15, 0.2) is 0 Å². The molecule has 2 unspecified atom stereocenters. The number of hydrogen-bond donors (Lipinski definition) is 1. The van der Waals surface area contributed by atoms with Crippen LogP contribution < -0.4 is 5.32 Å². The maximum absolute atomic E-state index is 12.3. The van der Waals surface area contributed by atoms with Gasteiger partial charge in [0.1, 0.15) is 12.3 Å². The third kappa shape index (κ3) is 3.17. The Hall–Kier alpha value is -1.43. The second-order valence-corrected chi connectivity index (χ2v) is 6.34. The van der Waals surface area contributed by atoms with Crippen molar-refractivity contribution in [2.45, 2.75) is 32.9 Å². The fraction of sp³-hybridized carbons (Fsp3) is 0.571. The highest BCUT2D eigenvalue weighted by atomic mass is 32.2. The Labute approximate surface area is 123 Å². The molecular weight excluding hydrogens is 276 g/mol. The van der Waals surface area contributed by atoms with Gasteiger partial charge in [0.05, 0.1) is 17.7 Å². The molecule has 2 atom stereocenters. The Morgan fingerprint density at radius 2 is 2.20 bits per heavy atom. The second-order valence-electron chi connectivity index (χ2n) is 5.34. The van der Waals surface area contributed by atoms with E-state index in [2.05, 4.69) is 19.2 Å². The van der Waals surface area contributed by atoms with Gasteiger partial charge in [0, 0.05) is 11.8 Å². The largest absolute Gasteiger partial charge is 0.472 e. The number of nitrogens with zero attached hydrogens (tertiary/aromatic N) is 1. The van der Waals surface area contributed by atoms with Crippen LogP contribution in [0, 0.1) is 5.92 Å². The van der Waals surface area contributed by atoms with Crippen LogP contribution in [0.25, 0.3) is 0 Å². The summed E-state index contributed by atoms with van der Waals surface area (Å²) in [5.74, 6) is 1.32. The van der Waals surface area contributed by atoms with Crippen LogP contribution in [0.1, 0.15) is 31.1 Å². The Bertz CT molecular complexity index is 473. The van der Waals surface area contributed by atoms with Crippen LogP contribution in [0.2, 0.25) is 0 Å². The molecule has 6 heteroatoms. The molecular formula is C14H20N2O3S. The highest BCUT2D eigenvalue weighted by Crippen LogP contribution is 2.23. The predicted octanol–water partition coefficient (Wildman–Crippen LogP) is 1.96. The fourth-order valence-corrected chi connectivity index (χ4v) is 3.05. The minimum Gasteiger partial charge on any atom is -0.472 e. The number of carbonyl (C=O) groups excluding carboxylic acids is 2. The van der Waals surface area contributed by atoms with Crippen molar-refractivity contribution in [3.8, 4) is 0 Å². The smallest absolute Gasteiger partial charge is 0.258 e. The topological polar surface area (TPSA) is 62.6 Å². The number of furan rings is 1. The molecule has 0 aliphatic carbocycles. The van der Waals surface area contributed by atoms with E-state index in [1.807, 2.05) is 6.92 Å².